The Morgan fingerprint density at radius 2 is 1.90 bits per heavy atom. The highest BCUT2D eigenvalue weighted by atomic mass is 16.5. The Labute approximate surface area is 118 Å². The molecular formula is C16H18N2O2. The molecule has 0 amide bonds. The van der Waals surface area contributed by atoms with Crippen molar-refractivity contribution >= 4 is 5.84 Å². The van der Waals surface area contributed by atoms with Crippen molar-refractivity contribution in [1.82, 2.24) is 0 Å². The molecule has 4 heteroatoms. The summed E-state index contributed by atoms with van der Waals surface area (Å²) in [6.45, 7) is 2.61. The van der Waals surface area contributed by atoms with Gasteiger partial charge in [-0.05, 0) is 29.7 Å². The molecule has 104 valence electrons. The smallest absolute Gasteiger partial charge is 0.170 e. The van der Waals surface area contributed by atoms with E-state index in [9.17, 15) is 0 Å². The third kappa shape index (κ3) is 3.51. The number of oxime groups is 1. The number of ether oxygens (including phenoxy) is 1. The fourth-order valence-electron chi connectivity index (χ4n) is 1.85. The average Bonchev–Trinajstić information content (AvgIpc) is 2.53. The Morgan fingerprint density at radius 1 is 1.15 bits per heavy atom. The van der Waals surface area contributed by atoms with Crippen LogP contribution in [-0.4, -0.2) is 11.0 Å². The van der Waals surface area contributed by atoms with Gasteiger partial charge in [-0.1, -0.05) is 48.5 Å². The maximum absolute atomic E-state index is 8.60. The standard InChI is InChI=1S/C16H18N2O2/c1-2-12-4-3-5-15(10-12)20-11-13-6-8-14(9-7-13)16(17)18-19/h3-10,19H,2,11H2,1H3,(H2,17,18). The summed E-state index contributed by atoms with van der Waals surface area (Å²) in [5, 5.41) is 11.6. The van der Waals surface area contributed by atoms with Crippen molar-refractivity contribution < 1.29 is 9.94 Å². The van der Waals surface area contributed by atoms with Gasteiger partial charge in [-0.25, -0.2) is 0 Å². The lowest BCUT2D eigenvalue weighted by Gasteiger charge is -2.08. The molecule has 0 saturated carbocycles. The molecule has 2 aromatic carbocycles. The first-order valence-electron chi connectivity index (χ1n) is 6.51. The molecule has 20 heavy (non-hydrogen) atoms. The molecule has 2 rings (SSSR count). The highest BCUT2D eigenvalue weighted by Gasteiger charge is 2.00. The summed E-state index contributed by atoms with van der Waals surface area (Å²) in [6.07, 6.45) is 0.992. The fourth-order valence-corrected chi connectivity index (χ4v) is 1.85. The van der Waals surface area contributed by atoms with E-state index in [1.165, 1.54) is 5.56 Å². The normalized spacial score (nSPS) is 11.3. The molecule has 0 aliphatic heterocycles. The predicted molar refractivity (Wildman–Crippen MR) is 79.1 cm³/mol. The Bertz CT molecular complexity index is 592. The molecule has 0 spiro atoms. The maximum atomic E-state index is 8.60. The highest BCUT2D eigenvalue weighted by molar-refractivity contribution is 5.96. The first kappa shape index (κ1) is 13.9. The number of hydrogen-bond acceptors (Lipinski definition) is 3. The first-order chi connectivity index (χ1) is 9.72. The summed E-state index contributed by atoms with van der Waals surface area (Å²) >= 11 is 0. The van der Waals surface area contributed by atoms with Crippen molar-refractivity contribution in [2.45, 2.75) is 20.0 Å². The van der Waals surface area contributed by atoms with Gasteiger partial charge < -0.3 is 15.7 Å². The van der Waals surface area contributed by atoms with Crippen LogP contribution in [0.25, 0.3) is 0 Å². The minimum absolute atomic E-state index is 0.105. The number of nitrogens with two attached hydrogens (primary N) is 1. The van der Waals surface area contributed by atoms with Gasteiger partial charge in [0.1, 0.15) is 12.4 Å². The van der Waals surface area contributed by atoms with Gasteiger partial charge in [0.2, 0.25) is 0 Å². The minimum atomic E-state index is 0.105. The van der Waals surface area contributed by atoms with Crippen molar-refractivity contribution in [3.8, 4) is 5.75 Å². The van der Waals surface area contributed by atoms with Gasteiger partial charge in [0.05, 0.1) is 0 Å². The number of hydrogen-bond donors (Lipinski definition) is 2. The summed E-state index contributed by atoms with van der Waals surface area (Å²) in [4.78, 5) is 0. The third-order valence-corrected chi connectivity index (χ3v) is 3.07. The fraction of sp³-hybridized carbons (Fsp3) is 0.188. The van der Waals surface area contributed by atoms with E-state index < -0.39 is 0 Å². The van der Waals surface area contributed by atoms with Gasteiger partial charge in [-0.2, -0.15) is 0 Å². The van der Waals surface area contributed by atoms with E-state index in [-0.39, 0.29) is 5.84 Å². The van der Waals surface area contributed by atoms with E-state index in [1.54, 1.807) is 12.1 Å². The molecule has 0 atom stereocenters. The van der Waals surface area contributed by atoms with Crippen molar-refractivity contribution in [3.63, 3.8) is 0 Å². The van der Waals surface area contributed by atoms with Gasteiger partial charge in [-0.3, -0.25) is 0 Å². The predicted octanol–water partition coefficient (Wildman–Crippen LogP) is 2.92. The molecule has 0 radical (unpaired) electrons. The Kier molecular flexibility index (Phi) is 4.60. The summed E-state index contributed by atoms with van der Waals surface area (Å²) in [5.41, 5.74) is 8.48. The van der Waals surface area contributed by atoms with Crippen LogP contribution in [0.4, 0.5) is 0 Å². The summed E-state index contributed by atoms with van der Waals surface area (Å²) in [7, 11) is 0. The Morgan fingerprint density at radius 3 is 2.55 bits per heavy atom. The van der Waals surface area contributed by atoms with E-state index in [0.29, 0.717) is 12.2 Å². The molecule has 0 aromatic heterocycles. The van der Waals surface area contributed by atoms with Gasteiger partial charge >= 0.3 is 0 Å². The van der Waals surface area contributed by atoms with Crippen LogP contribution in [0, 0.1) is 0 Å². The zero-order valence-electron chi connectivity index (χ0n) is 11.4. The van der Waals surface area contributed by atoms with Gasteiger partial charge in [0, 0.05) is 5.56 Å². The second kappa shape index (κ2) is 6.61. The van der Waals surface area contributed by atoms with Crippen molar-refractivity contribution in [1.29, 1.82) is 0 Å². The molecule has 0 aliphatic carbocycles. The lowest BCUT2D eigenvalue weighted by Crippen LogP contribution is -2.12. The number of nitrogens with zero attached hydrogens (tertiary/aromatic N) is 1. The topological polar surface area (TPSA) is 67.8 Å². The van der Waals surface area contributed by atoms with Crippen LogP contribution in [0.5, 0.6) is 5.75 Å². The molecule has 4 nitrogen and oxygen atoms in total. The average molecular weight is 270 g/mol. The summed E-state index contributed by atoms with van der Waals surface area (Å²) in [6, 6.07) is 15.5. The molecule has 0 saturated heterocycles. The summed E-state index contributed by atoms with van der Waals surface area (Å²) < 4.78 is 5.75. The summed E-state index contributed by atoms with van der Waals surface area (Å²) in [5.74, 6) is 0.970. The van der Waals surface area contributed by atoms with Gasteiger partial charge in [0.15, 0.2) is 5.84 Å². The maximum Gasteiger partial charge on any atom is 0.170 e. The van der Waals surface area contributed by atoms with Crippen LogP contribution >= 0.6 is 0 Å². The van der Waals surface area contributed by atoms with Gasteiger partial charge in [-0.15, -0.1) is 0 Å². The van der Waals surface area contributed by atoms with E-state index in [0.717, 1.165) is 17.7 Å². The van der Waals surface area contributed by atoms with E-state index in [4.69, 9.17) is 15.7 Å². The number of benzene rings is 2. The highest BCUT2D eigenvalue weighted by Crippen LogP contribution is 2.15. The van der Waals surface area contributed by atoms with Crippen LogP contribution < -0.4 is 10.5 Å². The third-order valence-electron chi connectivity index (χ3n) is 3.07. The quantitative estimate of drug-likeness (QED) is 0.380. The van der Waals surface area contributed by atoms with E-state index >= 15 is 0 Å². The SMILES string of the molecule is CCc1cccc(OCc2ccc(/C(N)=N/O)cc2)c1. The molecule has 0 heterocycles. The van der Waals surface area contributed by atoms with E-state index in [1.807, 2.05) is 30.3 Å². The molecule has 0 fully saturated rings. The molecule has 3 N–H and O–H groups in total. The second-order valence-corrected chi connectivity index (χ2v) is 4.47. The minimum Gasteiger partial charge on any atom is -0.489 e. The van der Waals surface area contributed by atoms with Gasteiger partial charge in [0.25, 0.3) is 0 Å². The molecule has 2 aromatic rings. The monoisotopic (exact) mass is 270 g/mol. The van der Waals surface area contributed by atoms with Crippen LogP contribution in [0.3, 0.4) is 0 Å². The largest absolute Gasteiger partial charge is 0.489 e. The lowest BCUT2D eigenvalue weighted by atomic mass is 10.1. The number of aryl methyl sites for hydroxylation is 1. The van der Waals surface area contributed by atoms with Crippen LogP contribution in [0.1, 0.15) is 23.6 Å². The zero-order chi connectivity index (χ0) is 14.4. The molecular weight excluding hydrogens is 252 g/mol. The Hall–Kier alpha value is -2.49. The van der Waals surface area contributed by atoms with Crippen molar-refractivity contribution in [3.05, 3.63) is 65.2 Å². The lowest BCUT2D eigenvalue weighted by molar-refractivity contribution is 0.306. The van der Waals surface area contributed by atoms with Crippen LogP contribution in [-0.2, 0) is 13.0 Å². The van der Waals surface area contributed by atoms with Crippen molar-refractivity contribution in [2.24, 2.45) is 10.9 Å². The zero-order valence-corrected chi connectivity index (χ0v) is 11.4. The van der Waals surface area contributed by atoms with Crippen LogP contribution in [0.2, 0.25) is 0 Å². The number of amidine groups is 1. The molecule has 0 unspecified atom stereocenters. The van der Waals surface area contributed by atoms with Crippen molar-refractivity contribution in [2.75, 3.05) is 0 Å². The molecule has 0 aliphatic rings. The van der Waals surface area contributed by atoms with Crippen LogP contribution in [0.15, 0.2) is 53.7 Å². The first-order valence-corrected chi connectivity index (χ1v) is 6.51. The molecule has 0 bridgehead atoms. The number of rotatable bonds is 5. The Balaban J connectivity index is 2.00. The van der Waals surface area contributed by atoms with E-state index in [2.05, 4.69) is 18.1 Å². The second-order valence-electron chi connectivity index (χ2n) is 4.47.